The van der Waals surface area contributed by atoms with Crippen LogP contribution in [0.4, 0.5) is 0 Å². The van der Waals surface area contributed by atoms with Crippen molar-refractivity contribution in [3.63, 3.8) is 0 Å². The van der Waals surface area contributed by atoms with E-state index < -0.39 is 0 Å². The lowest BCUT2D eigenvalue weighted by atomic mass is 10.1. The van der Waals surface area contributed by atoms with Crippen LogP contribution in [0.15, 0.2) is 23.1 Å². The Morgan fingerprint density at radius 3 is 2.94 bits per heavy atom. The van der Waals surface area contributed by atoms with Crippen molar-refractivity contribution in [1.29, 1.82) is 5.26 Å². The number of carbonyl (C=O) groups excluding carboxylic acids is 1. The van der Waals surface area contributed by atoms with Crippen molar-refractivity contribution >= 4 is 17.7 Å². The summed E-state index contributed by atoms with van der Waals surface area (Å²) in [6, 6.07) is 7.81. The van der Waals surface area contributed by atoms with Crippen LogP contribution < -0.4 is 5.32 Å². The van der Waals surface area contributed by atoms with Crippen LogP contribution >= 0.6 is 11.8 Å². The predicted molar refractivity (Wildman–Crippen MR) is 71.3 cm³/mol. The zero-order valence-corrected chi connectivity index (χ0v) is 11.3. The van der Waals surface area contributed by atoms with E-state index in [1.165, 1.54) is 11.8 Å². The van der Waals surface area contributed by atoms with E-state index in [9.17, 15) is 4.79 Å². The SMILES string of the molecule is CCOC(=O)CSc1ccc(CNC)cc1C#N. The third-order valence-corrected chi connectivity index (χ3v) is 3.24. The minimum atomic E-state index is -0.259. The molecule has 0 heterocycles. The smallest absolute Gasteiger partial charge is 0.316 e. The molecule has 0 spiro atoms. The molecular formula is C13H16N2O2S. The van der Waals surface area contributed by atoms with E-state index in [2.05, 4.69) is 11.4 Å². The van der Waals surface area contributed by atoms with Gasteiger partial charge in [-0.05, 0) is 31.7 Å². The molecule has 0 saturated carbocycles. The Morgan fingerprint density at radius 1 is 1.56 bits per heavy atom. The summed E-state index contributed by atoms with van der Waals surface area (Å²) in [5, 5.41) is 12.1. The Labute approximate surface area is 111 Å². The van der Waals surface area contributed by atoms with Crippen LogP contribution in [0.1, 0.15) is 18.1 Å². The van der Waals surface area contributed by atoms with Crippen LogP contribution in [0.25, 0.3) is 0 Å². The van der Waals surface area contributed by atoms with Crippen LogP contribution in [0.2, 0.25) is 0 Å². The van der Waals surface area contributed by atoms with Gasteiger partial charge >= 0.3 is 5.97 Å². The van der Waals surface area contributed by atoms with Crippen molar-refractivity contribution in [1.82, 2.24) is 5.32 Å². The van der Waals surface area contributed by atoms with Crippen molar-refractivity contribution < 1.29 is 9.53 Å². The van der Waals surface area contributed by atoms with E-state index in [4.69, 9.17) is 10.00 Å². The van der Waals surface area contributed by atoms with E-state index >= 15 is 0 Å². The standard InChI is InChI=1S/C13H16N2O2S/c1-3-17-13(16)9-18-12-5-4-10(8-15-2)6-11(12)7-14/h4-6,15H,3,8-9H2,1-2H3. The zero-order valence-electron chi connectivity index (χ0n) is 10.5. The molecule has 4 nitrogen and oxygen atoms in total. The van der Waals surface area contributed by atoms with Gasteiger partial charge in [-0.1, -0.05) is 6.07 Å². The highest BCUT2D eigenvalue weighted by Crippen LogP contribution is 2.23. The Hall–Kier alpha value is -1.51. The maximum atomic E-state index is 11.2. The number of nitrogens with zero attached hydrogens (tertiary/aromatic N) is 1. The molecule has 18 heavy (non-hydrogen) atoms. The lowest BCUT2D eigenvalue weighted by Gasteiger charge is -2.06. The highest BCUT2D eigenvalue weighted by molar-refractivity contribution is 8.00. The van der Waals surface area contributed by atoms with Gasteiger partial charge in [0.15, 0.2) is 0 Å². The number of rotatable bonds is 6. The van der Waals surface area contributed by atoms with E-state index in [1.54, 1.807) is 6.92 Å². The summed E-state index contributed by atoms with van der Waals surface area (Å²) in [4.78, 5) is 12.1. The number of hydrogen-bond acceptors (Lipinski definition) is 5. The fourth-order valence-corrected chi connectivity index (χ4v) is 2.22. The van der Waals surface area contributed by atoms with Crippen LogP contribution in [0.3, 0.4) is 0 Å². The molecule has 1 aromatic rings. The number of nitrogens with one attached hydrogen (secondary N) is 1. The zero-order chi connectivity index (χ0) is 13.4. The number of nitriles is 1. The van der Waals surface area contributed by atoms with Crippen LogP contribution in [-0.4, -0.2) is 25.4 Å². The molecule has 0 fully saturated rings. The highest BCUT2D eigenvalue weighted by Gasteiger charge is 2.08. The summed E-state index contributed by atoms with van der Waals surface area (Å²) in [7, 11) is 1.86. The highest BCUT2D eigenvalue weighted by atomic mass is 32.2. The van der Waals surface area contributed by atoms with Gasteiger partial charge < -0.3 is 10.1 Å². The van der Waals surface area contributed by atoms with E-state index in [0.717, 1.165) is 17.0 Å². The fraction of sp³-hybridized carbons (Fsp3) is 0.385. The molecule has 1 N–H and O–H groups in total. The molecule has 5 heteroatoms. The molecule has 0 aliphatic rings. The first kappa shape index (κ1) is 14.6. The quantitative estimate of drug-likeness (QED) is 0.628. The minimum Gasteiger partial charge on any atom is -0.465 e. The molecular weight excluding hydrogens is 248 g/mol. The molecule has 0 aliphatic heterocycles. The van der Waals surface area contributed by atoms with Gasteiger partial charge in [-0.25, -0.2) is 0 Å². The number of thioether (sulfide) groups is 1. The number of hydrogen-bond donors (Lipinski definition) is 1. The first-order valence-electron chi connectivity index (χ1n) is 5.67. The van der Waals surface area contributed by atoms with E-state index in [1.807, 2.05) is 25.2 Å². The third kappa shape index (κ3) is 4.40. The van der Waals surface area contributed by atoms with Gasteiger partial charge in [-0.2, -0.15) is 5.26 Å². The molecule has 0 aromatic heterocycles. The molecule has 96 valence electrons. The maximum absolute atomic E-state index is 11.2. The molecule has 0 amide bonds. The van der Waals surface area contributed by atoms with Gasteiger partial charge in [-0.15, -0.1) is 11.8 Å². The Balaban J connectivity index is 2.71. The number of benzene rings is 1. The van der Waals surface area contributed by atoms with Crippen molar-refractivity contribution in [2.45, 2.75) is 18.4 Å². The first-order chi connectivity index (χ1) is 8.71. The van der Waals surface area contributed by atoms with Crippen LogP contribution in [0.5, 0.6) is 0 Å². The average Bonchev–Trinajstić information content (AvgIpc) is 2.37. The first-order valence-corrected chi connectivity index (χ1v) is 6.65. The van der Waals surface area contributed by atoms with Gasteiger partial charge in [0.25, 0.3) is 0 Å². The summed E-state index contributed by atoms with van der Waals surface area (Å²) >= 11 is 1.33. The molecule has 0 saturated heterocycles. The second-order valence-electron chi connectivity index (χ2n) is 3.57. The molecule has 0 unspecified atom stereocenters. The summed E-state index contributed by atoms with van der Waals surface area (Å²) < 4.78 is 4.85. The second-order valence-corrected chi connectivity index (χ2v) is 4.58. The van der Waals surface area contributed by atoms with Crippen molar-refractivity contribution in [3.05, 3.63) is 29.3 Å². The van der Waals surface area contributed by atoms with Gasteiger partial charge in [0.1, 0.15) is 6.07 Å². The van der Waals surface area contributed by atoms with Gasteiger partial charge in [0.2, 0.25) is 0 Å². The van der Waals surface area contributed by atoms with Gasteiger partial charge in [-0.3, -0.25) is 4.79 Å². The van der Waals surface area contributed by atoms with Gasteiger partial charge in [0, 0.05) is 11.4 Å². The largest absolute Gasteiger partial charge is 0.465 e. The fourth-order valence-electron chi connectivity index (χ4n) is 1.44. The average molecular weight is 264 g/mol. The Kier molecular flexibility index (Phi) is 6.26. The third-order valence-electron chi connectivity index (χ3n) is 2.20. The number of esters is 1. The lowest BCUT2D eigenvalue weighted by Crippen LogP contribution is -2.07. The van der Waals surface area contributed by atoms with Crippen LogP contribution in [-0.2, 0) is 16.1 Å². The molecule has 1 rings (SSSR count). The molecule has 0 bridgehead atoms. The van der Waals surface area contributed by atoms with Crippen molar-refractivity contribution in [2.24, 2.45) is 0 Å². The summed E-state index contributed by atoms with van der Waals surface area (Å²) in [6.07, 6.45) is 0. The summed E-state index contributed by atoms with van der Waals surface area (Å²) in [5.41, 5.74) is 1.64. The Bertz CT molecular complexity index is 455. The number of carbonyl (C=O) groups is 1. The molecule has 0 aliphatic carbocycles. The van der Waals surface area contributed by atoms with Crippen molar-refractivity contribution in [2.75, 3.05) is 19.4 Å². The maximum Gasteiger partial charge on any atom is 0.316 e. The topological polar surface area (TPSA) is 62.1 Å². The van der Waals surface area contributed by atoms with Crippen LogP contribution in [0, 0.1) is 11.3 Å². The van der Waals surface area contributed by atoms with E-state index in [-0.39, 0.29) is 11.7 Å². The number of ether oxygens (including phenoxy) is 1. The second kappa shape index (κ2) is 7.75. The van der Waals surface area contributed by atoms with Crippen molar-refractivity contribution in [3.8, 4) is 6.07 Å². The normalized spacial score (nSPS) is 9.83. The summed E-state index contributed by atoms with van der Waals surface area (Å²) in [5.74, 6) is -0.0286. The lowest BCUT2D eigenvalue weighted by molar-refractivity contribution is -0.139. The minimum absolute atomic E-state index is 0.230. The molecule has 0 radical (unpaired) electrons. The molecule has 1 aromatic carbocycles. The summed E-state index contributed by atoms with van der Waals surface area (Å²) in [6.45, 7) is 2.87. The van der Waals surface area contributed by atoms with E-state index in [0.29, 0.717) is 12.2 Å². The predicted octanol–water partition coefficient (Wildman–Crippen LogP) is 1.93. The Morgan fingerprint density at radius 2 is 2.33 bits per heavy atom. The van der Waals surface area contributed by atoms with Gasteiger partial charge in [0.05, 0.1) is 17.9 Å². The monoisotopic (exact) mass is 264 g/mol. The molecule has 0 atom stereocenters.